The fraction of sp³-hybridized carbons (Fsp3) is 0.667. The zero-order valence-electron chi connectivity index (χ0n) is 7.05. The molecule has 1 radical (unpaired) electrons. The quantitative estimate of drug-likeness (QED) is 0.542. The molecule has 59 valence electrons. The van der Waals surface area contributed by atoms with Crippen molar-refractivity contribution in [3.63, 3.8) is 0 Å². The molecule has 0 aromatic heterocycles. The minimum Gasteiger partial charge on any atom is -0.481 e. The molecule has 0 aromatic rings. The maximum absolute atomic E-state index is 10.6. The van der Waals surface area contributed by atoms with Gasteiger partial charge in [0.15, 0.2) is 0 Å². The fourth-order valence-electron chi connectivity index (χ4n) is 0.624. The van der Waals surface area contributed by atoms with Crippen molar-refractivity contribution in [2.24, 2.45) is 0 Å². The van der Waals surface area contributed by atoms with E-state index in [9.17, 15) is 9.59 Å². The van der Waals surface area contributed by atoms with Crippen molar-refractivity contribution in [1.29, 1.82) is 0 Å². The average molecular weight is 168 g/mol. The van der Waals surface area contributed by atoms with Crippen molar-refractivity contribution in [2.45, 2.75) is 19.4 Å². The molecule has 0 rings (SSSR count). The van der Waals surface area contributed by atoms with Gasteiger partial charge in [-0.1, -0.05) is 0 Å². The second kappa shape index (κ2) is 6.79. The molecule has 0 amide bonds. The summed E-state index contributed by atoms with van der Waals surface area (Å²) in [6.45, 7) is 1.37. The molecule has 0 aromatic carbocycles. The first-order chi connectivity index (χ1) is 4.57. The largest absolute Gasteiger partial charge is 0.481 e. The molecule has 0 aliphatic rings. The van der Waals surface area contributed by atoms with Gasteiger partial charge in [0, 0.05) is 29.6 Å². The molecule has 1 atom stereocenters. The third-order valence-electron chi connectivity index (χ3n) is 1.22. The summed E-state index contributed by atoms with van der Waals surface area (Å²) in [4.78, 5) is 20.7. The maximum atomic E-state index is 10.6. The molecule has 0 heterocycles. The topological polar surface area (TPSA) is 66.4 Å². The van der Waals surface area contributed by atoms with Crippen molar-refractivity contribution in [3.8, 4) is 0 Å². The van der Waals surface area contributed by atoms with Gasteiger partial charge in [0.2, 0.25) is 0 Å². The van der Waals surface area contributed by atoms with Crippen LogP contribution in [0.3, 0.4) is 0 Å². The Bertz CT molecular complexity index is 149. The number of carboxylic acid groups (broad SMARTS) is 1. The first-order valence-corrected chi connectivity index (χ1v) is 2.97. The SMILES string of the molecule is CNC(CC(=O)O)C(C)=O.[Na]. The average Bonchev–Trinajstić information content (AvgIpc) is 1.81. The molecule has 0 bridgehead atoms. The molecule has 0 spiro atoms. The van der Waals surface area contributed by atoms with E-state index in [1.165, 1.54) is 6.92 Å². The fourth-order valence-corrected chi connectivity index (χ4v) is 0.624. The van der Waals surface area contributed by atoms with Crippen LogP contribution < -0.4 is 5.32 Å². The van der Waals surface area contributed by atoms with E-state index in [-0.39, 0.29) is 41.8 Å². The predicted octanol–water partition coefficient (Wildman–Crippen LogP) is -0.743. The number of aliphatic carboxylic acids is 1. The van der Waals surface area contributed by atoms with Crippen LogP contribution in [0.4, 0.5) is 0 Å². The van der Waals surface area contributed by atoms with Gasteiger partial charge in [0.25, 0.3) is 0 Å². The molecule has 0 aliphatic heterocycles. The van der Waals surface area contributed by atoms with Crippen molar-refractivity contribution in [2.75, 3.05) is 7.05 Å². The molecule has 11 heavy (non-hydrogen) atoms. The van der Waals surface area contributed by atoms with E-state index in [2.05, 4.69) is 5.32 Å². The monoisotopic (exact) mass is 168 g/mol. The number of nitrogens with one attached hydrogen (secondary N) is 1. The Hall–Kier alpha value is 0.1000. The zero-order valence-corrected chi connectivity index (χ0v) is 9.05. The molecular weight excluding hydrogens is 157 g/mol. The summed E-state index contributed by atoms with van der Waals surface area (Å²) in [7, 11) is 1.56. The second-order valence-corrected chi connectivity index (χ2v) is 2.05. The number of likely N-dealkylation sites (N-methyl/N-ethyl adjacent to an activating group) is 1. The summed E-state index contributed by atoms with van der Waals surface area (Å²) in [5.74, 6) is -1.11. The Kier molecular flexibility index (Phi) is 8.44. The maximum Gasteiger partial charge on any atom is 0.305 e. The number of rotatable bonds is 4. The van der Waals surface area contributed by atoms with Crippen LogP contribution in [-0.4, -0.2) is 59.5 Å². The zero-order chi connectivity index (χ0) is 8.15. The molecule has 4 nitrogen and oxygen atoms in total. The van der Waals surface area contributed by atoms with Crippen LogP contribution in [0.1, 0.15) is 13.3 Å². The number of carbonyl (C=O) groups is 2. The van der Waals surface area contributed by atoms with Crippen molar-refractivity contribution >= 4 is 41.3 Å². The van der Waals surface area contributed by atoms with Crippen LogP contribution in [-0.2, 0) is 9.59 Å². The first-order valence-electron chi connectivity index (χ1n) is 2.97. The summed E-state index contributed by atoms with van der Waals surface area (Å²) in [6, 6.07) is -0.544. The van der Waals surface area contributed by atoms with Gasteiger partial charge in [0.1, 0.15) is 5.78 Å². The molecule has 0 aliphatic carbocycles. The van der Waals surface area contributed by atoms with E-state index < -0.39 is 12.0 Å². The molecule has 5 heteroatoms. The van der Waals surface area contributed by atoms with E-state index in [1.54, 1.807) is 7.05 Å². The van der Waals surface area contributed by atoms with E-state index in [4.69, 9.17) is 5.11 Å². The van der Waals surface area contributed by atoms with Crippen LogP contribution >= 0.6 is 0 Å². The number of carboxylic acids is 1. The van der Waals surface area contributed by atoms with Gasteiger partial charge in [-0.15, -0.1) is 0 Å². The summed E-state index contributed by atoms with van der Waals surface area (Å²) in [5.41, 5.74) is 0. The molecule has 2 N–H and O–H groups in total. The van der Waals surface area contributed by atoms with E-state index in [0.29, 0.717) is 0 Å². The van der Waals surface area contributed by atoms with Crippen LogP contribution in [0.2, 0.25) is 0 Å². The Morgan fingerprint density at radius 1 is 1.55 bits per heavy atom. The van der Waals surface area contributed by atoms with Gasteiger partial charge in [-0.25, -0.2) is 0 Å². The summed E-state index contributed by atoms with van der Waals surface area (Å²) < 4.78 is 0. The minimum absolute atomic E-state index is 0. The predicted molar refractivity (Wildman–Crippen MR) is 41.5 cm³/mol. The van der Waals surface area contributed by atoms with E-state index in [0.717, 1.165) is 0 Å². The van der Waals surface area contributed by atoms with Gasteiger partial charge in [-0.2, -0.15) is 0 Å². The molecular formula is C6H11NNaO3. The van der Waals surface area contributed by atoms with Crippen LogP contribution in [0, 0.1) is 0 Å². The minimum atomic E-state index is -0.963. The van der Waals surface area contributed by atoms with Gasteiger partial charge in [-0.3, -0.25) is 9.59 Å². The summed E-state index contributed by atoms with van der Waals surface area (Å²) >= 11 is 0. The first kappa shape index (κ1) is 13.7. The number of carbonyl (C=O) groups excluding carboxylic acids is 1. The Morgan fingerprint density at radius 3 is 2.09 bits per heavy atom. The van der Waals surface area contributed by atoms with E-state index >= 15 is 0 Å². The molecule has 1 unspecified atom stereocenters. The molecule has 0 fully saturated rings. The molecule has 0 saturated carbocycles. The van der Waals surface area contributed by atoms with Crippen LogP contribution in [0.5, 0.6) is 0 Å². The summed E-state index contributed by atoms with van der Waals surface area (Å²) in [5, 5.41) is 10.9. The van der Waals surface area contributed by atoms with Crippen LogP contribution in [0.25, 0.3) is 0 Å². The van der Waals surface area contributed by atoms with Gasteiger partial charge in [0.05, 0.1) is 12.5 Å². The van der Waals surface area contributed by atoms with Crippen molar-refractivity contribution < 1.29 is 14.7 Å². The standard InChI is InChI=1S/C6H11NO3.Na/c1-4(8)5(7-2)3-6(9)10;/h5,7H,3H2,1-2H3,(H,9,10);. The smallest absolute Gasteiger partial charge is 0.305 e. The number of hydrogen-bond acceptors (Lipinski definition) is 3. The third kappa shape index (κ3) is 6.50. The Morgan fingerprint density at radius 2 is 2.00 bits per heavy atom. The van der Waals surface area contributed by atoms with Crippen molar-refractivity contribution in [1.82, 2.24) is 5.32 Å². The number of hydrogen-bond donors (Lipinski definition) is 2. The number of Topliss-reactive ketones (excluding diaryl/α,β-unsaturated/α-hetero) is 1. The normalized spacial score (nSPS) is 11.5. The Labute approximate surface area is 87.6 Å². The van der Waals surface area contributed by atoms with Gasteiger partial charge < -0.3 is 10.4 Å². The third-order valence-corrected chi connectivity index (χ3v) is 1.22. The summed E-state index contributed by atoms with van der Waals surface area (Å²) in [6.07, 6.45) is -0.147. The van der Waals surface area contributed by atoms with Crippen LogP contribution in [0.15, 0.2) is 0 Å². The second-order valence-electron chi connectivity index (χ2n) is 2.05. The molecule has 0 saturated heterocycles. The van der Waals surface area contributed by atoms with Crippen molar-refractivity contribution in [3.05, 3.63) is 0 Å². The number of ketones is 1. The Balaban J connectivity index is 0. The van der Waals surface area contributed by atoms with Gasteiger partial charge >= 0.3 is 5.97 Å². The van der Waals surface area contributed by atoms with E-state index in [1.807, 2.05) is 0 Å². The van der Waals surface area contributed by atoms with Gasteiger partial charge in [-0.05, 0) is 14.0 Å².